The number of pyridine rings is 1. The molecule has 3 rings (SSSR count). The molecule has 0 fully saturated rings. The van der Waals surface area contributed by atoms with Gasteiger partial charge in [0, 0.05) is 10.7 Å². The largest absolute Gasteiger partial charge is 0.488 e. The van der Waals surface area contributed by atoms with Crippen molar-refractivity contribution in [1.29, 1.82) is 0 Å². The van der Waals surface area contributed by atoms with Gasteiger partial charge in [-0.15, -0.1) is 0 Å². The van der Waals surface area contributed by atoms with E-state index in [9.17, 15) is 13.6 Å². The minimum Gasteiger partial charge on any atom is -0.488 e. The van der Waals surface area contributed by atoms with Gasteiger partial charge in [-0.2, -0.15) is 0 Å². The normalized spacial score (nSPS) is 10.4. The number of benzene rings is 2. The van der Waals surface area contributed by atoms with E-state index in [1.165, 1.54) is 12.3 Å². The third-order valence-corrected chi connectivity index (χ3v) is 3.98. The van der Waals surface area contributed by atoms with E-state index in [1.54, 1.807) is 36.5 Å². The summed E-state index contributed by atoms with van der Waals surface area (Å²) in [5, 5.41) is 2.73. The average molecular weight is 419 g/mol. The fraction of sp³-hybridized carbons (Fsp3) is 0.0526. The highest BCUT2D eigenvalue weighted by atomic mass is 79.9. The molecule has 0 atom stereocenters. The first-order valence-corrected chi connectivity index (χ1v) is 8.40. The van der Waals surface area contributed by atoms with Crippen LogP contribution in [0.3, 0.4) is 0 Å². The number of anilines is 1. The molecule has 0 aliphatic rings. The van der Waals surface area contributed by atoms with Crippen molar-refractivity contribution in [2.75, 3.05) is 5.32 Å². The van der Waals surface area contributed by atoms with Gasteiger partial charge in [-0.25, -0.2) is 8.78 Å². The van der Waals surface area contributed by atoms with Gasteiger partial charge in [-0.05, 0) is 48.0 Å². The quantitative estimate of drug-likeness (QED) is 0.637. The number of rotatable bonds is 5. The lowest BCUT2D eigenvalue weighted by atomic mass is 10.1. The molecular formula is C19H13BrF2N2O2. The van der Waals surface area contributed by atoms with Crippen LogP contribution in [0.5, 0.6) is 5.75 Å². The Hall–Kier alpha value is -2.80. The van der Waals surface area contributed by atoms with Crippen LogP contribution in [0.2, 0.25) is 0 Å². The number of carbonyl (C=O) groups is 1. The molecule has 1 amide bonds. The first kappa shape index (κ1) is 18.0. The van der Waals surface area contributed by atoms with Crippen molar-refractivity contribution < 1.29 is 18.3 Å². The van der Waals surface area contributed by atoms with Gasteiger partial charge in [0.25, 0.3) is 5.91 Å². The summed E-state index contributed by atoms with van der Waals surface area (Å²) in [5.41, 5.74) is 1.29. The van der Waals surface area contributed by atoms with Gasteiger partial charge in [0.1, 0.15) is 12.4 Å². The second-order valence-electron chi connectivity index (χ2n) is 5.37. The Balaban J connectivity index is 1.79. The Morgan fingerprint density at radius 2 is 1.96 bits per heavy atom. The van der Waals surface area contributed by atoms with Gasteiger partial charge in [0.05, 0.1) is 17.4 Å². The second kappa shape index (κ2) is 8.05. The average Bonchev–Trinajstić information content (AvgIpc) is 2.64. The Bertz CT molecular complexity index is 936. The summed E-state index contributed by atoms with van der Waals surface area (Å²) in [7, 11) is 0. The number of aromatic nitrogens is 1. The van der Waals surface area contributed by atoms with Crippen molar-refractivity contribution in [3.63, 3.8) is 0 Å². The van der Waals surface area contributed by atoms with Crippen LogP contribution in [0.25, 0.3) is 0 Å². The van der Waals surface area contributed by atoms with Crippen molar-refractivity contribution in [3.8, 4) is 5.75 Å². The molecule has 7 heteroatoms. The standard InChI is InChI=1S/C19H13BrF2N2O2/c20-13-4-6-18(26-11-12-3-5-16(21)17(22)8-12)15(9-13)19(25)24-14-2-1-7-23-10-14/h1-10H,11H2,(H,24,25). The lowest BCUT2D eigenvalue weighted by molar-refractivity contribution is 0.102. The molecule has 26 heavy (non-hydrogen) atoms. The number of nitrogens with zero attached hydrogens (tertiary/aromatic N) is 1. The van der Waals surface area contributed by atoms with Gasteiger partial charge in [0.2, 0.25) is 0 Å². The molecule has 0 aliphatic heterocycles. The van der Waals surface area contributed by atoms with Gasteiger partial charge in [-0.1, -0.05) is 22.0 Å². The summed E-state index contributed by atoms with van der Waals surface area (Å²) in [6, 6.07) is 11.9. The Morgan fingerprint density at radius 3 is 2.69 bits per heavy atom. The van der Waals surface area contributed by atoms with Crippen LogP contribution in [0, 0.1) is 11.6 Å². The third kappa shape index (κ3) is 4.43. The first-order chi connectivity index (χ1) is 12.5. The van der Waals surface area contributed by atoms with Crippen LogP contribution >= 0.6 is 15.9 Å². The highest BCUT2D eigenvalue weighted by molar-refractivity contribution is 9.10. The molecule has 132 valence electrons. The number of amides is 1. The lowest BCUT2D eigenvalue weighted by Crippen LogP contribution is -2.14. The minimum absolute atomic E-state index is 0.00793. The lowest BCUT2D eigenvalue weighted by Gasteiger charge is -2.12. The molecule has 0 saturated carbocycles. The molecule has 4 nitrogen and oxygen atoms in total. The number of hydrogen-bond donors (Lipinski definition) is 1. The molecule has 0 bridgehead atoms. The Kier molecular flexibility index (Phi) is 5.58. The van der Waals surface area contributed by atoms with Crippen LogP contribution in [0.1, 0.15) is 15.9 Å². The van der Waals surface area contributed by atoms with Crippen molar-refractivity contribution in [3.05, 3.63) is 88.2 Å². The molecule has 3 aromatic rings. The van der Waals surface area contributed by atoms with Crippen LogP contribution in [-0.4, -0.2) is 10.9 Å². The molecule has 0 saturated heterocycles. The zero-order valence-corrected chi connectivity index (χ0v) is 15.0. The number of carbonyl (C=O) groups excluding carboxylic acids is 1. The van der Waals surface area contributed by atoms with E-state index in [4.69, 9.17) is 4.74 Å². The highest BCUT2D eigenvalue weighted by Gasteiger charge is 2.14. The van der Waals surface area contributed by atoms with E-state index in [-0.39, 0.29) is 12.5 Å². The maximum Gasteiger partial charge on any atom is 0.259 e. The van der Waals surface area contributed by atoms with Crippen LogP contribution in [0.4, 0.5) is 14.5 Å². The summed E-state index contributed by atoms with van der Waals surface area (Å²) in [4.78, 5) is 16.5. The minimum atomic E-state index is -0.948. The smallest absolute Gasteiger partial charge is 0.259 e. The maximum absolute atomic E-state index is 13.3. The van der Waals surface area contributed by atoms with Crippen molar-refractivity contribution >= 4 is 27.5 Å². The Morgan fingerprint density at radius 1 is 1.12 bits per heavy atom. The van der Waals surface area contributed by atoms with Crippen LogP contribution in [0.15, 0.2) is 65.4 Å². The molecule has 1 aromatic heterocycles. The zero-order chi connectivity index (χ0) is 18.5. The molecule has 1 N–H and O–H groups in total. The molecule has 0 radical (unpaired) electrons. The third-order valence-electron chi connectivity index (χ3n) is 3.48. The monoisotopic (exact) mass is 418 g/mol. The number of nitrogens with one attached hydrogen (secondary N) is 1. The van der Waals surface area contributed by atoms with Gasteiger partial charge in [-0.3, -0.25) is 9.78 Å². The molecule has 2 aromatic carbocycles. The van der Waals surface area contributed by atoms with Crippen molar-refractivity contribution in [1.82, 2.24) is 4.98 Å². The van der Waals surface area contributed by atoms with Crippen LogP contribution in [-0.2, 0) is 6.61 Å². The molecule has 0 aliphatic carbocycles. The summed E-state index contributed by atoms with van der Waals surface area (Å²) >= 11 is 3.32. The number of hydrogen-bond acceptors (Lipinski definition) is 3. The van der Waals surface area contributed by atoms with E-state index in [0.717, 1.165) is 12.1 Å². The van der Waals surface area contributed by atoms with E-state index in [1.807, 2.05) is 0 Å². The van der Waals surface area contributed by atoms with Gasteiger partial charge >= 0.3 is 0 Å². The molecule has 0 spiro atoms. The SMILES string of the molecule is O=C(Nc1cccnc1)c1cc(Br)ccc1OCc1ccc(F)c(F)c1. The van der Waals surface area contributed by atoms with E-state index in [2.05, 4.69) is 26.2 Å². The van der Waals surface area contributed by atoms with Gasteiger partial charge in [0.15, 0.2) is 11.6 Å². The maximum atomic E-state index is 13.3. The fourth-order valence-electron chi connectivity index (χ4n) is 2.23. The zero-order valence-electron chi connectivity index (χ0n) is 13.4. The van der Waals surface area contributed by atoms with E-state index >= 15 is 0 Å². The first-order valence-electron chi connectivity index (χ1n) is 7.60. The highest BCUT2D eigenvalue weighted by Crippen LogP contribution is 2.25. The topological polar surface area (TPSA) is 51.2 Å². The fourth-order valence-corrected chi connectivity index (χ4v) is 2.59. The van der Waals surface area contributed by atoms with E-state index in [0.29, 0.717) is 27.0 Å². The van der Waals surface area contributed by atoms with Gasteiger partial charge < -0.3 is 10.1 Å². The summed E-state index contributed by atoms with van der Waals surface area (Å²) in [6.07, 6.45) is 3.13. The number of halogens is 3. The molecule has 1 heterocycles. The summed E-state index contributed by atoms with van der Waals surface area (Å²) in [5.74, 6) is -1.93. The predicted molar refractivity (Wildman–Crippen MR) is 97.0 cm³/mol. The van der Waals surface area contributed by atoms with E-state index < -0.39 is 11.6 Å². The number of ether oxygens (including phenoxy) is 1. The van der Waals surface area contributed by atoms with Crippen molar-refractivity contribution in [2.45, 2.75) is 6.61 Å². The van der Waals surface area contributed by atoms with Crippen LogP contribution < -0.4 is 10.1 Å². The summed E-state index contributed by atoms with van der Waals surface area (Å²) < 4.78 is 32.7. The molecule has 0 unspecified atom stereocenters. The molecular weight excluding hydrogens is 406 g/mol. The van der Waals surface area contributed by atoms with Crippen molar-refractivity contribution in [2.24, 2.45) is 0 Å². The summed E-state index contributed by atoms with van der Waals surface area (Å²) in [6.45, 7) is -0.00793. The second-order valence-corrected chi connectivity index (χ2v) is 6.29. The Labute approximate surface area is 157 Å². The predicted octanol–water partition coefficient (Wildman–Crippen LogP) is 4.95.